The van der Waals surface area contributed by atoms with Gasteiger partial charge in [-0.3, -0.25) is 0 Å². The number of likely N-dealkylation sites (N-methyl/N-ethyl adjacent to an activating group) is 1. The third-order valence-corrected chi connectivity index (χ3v) is 4.08. The first-order chi connectivity index (χ1) is 8.35. The van der Waals surface area contributed by atoms with Crippen LogP contribution in [0.1, 0.15) is 40.5 Å². The van der Waals surface area contributed by atoms with Crippen LogP contribution in [0.4, 0.5) is 0 Å². The molecular weight excluding hydrogens is 222 g/mol. The van der Waals surface area contributed by atoms with Crippen LogP contribution >= 0.6 is 0 Å². The van der Waals surface area contributed by atoms with Crippen molar-refractivity contribution in [1.82, 2.24) is 9.80 Å². The lowest BCUT2D eigenvalue weighted by atomic mass is 9.84. The van der Waals surface area contributed by atoms with Crippen molar-refractivity contribution in [3.63, 3.8) is 0 Å². The van der Waals surface area contributed by atoms with Crippen molar-refractivity contribution in [3.05, 3.63) is 0 Å². The van der Waals surface area contributed by atoms with Crippen molar-refractivity contribution in [2.24, 2.45) is 17.1 Å². The molecule has 3 heteroatoms. The number of hydrogen-bond acceptors (Lipinski definition) is 3. The summed E-state index contributed by atoms with van der Waals surface area (Å²) in [5.41, 5.74) is 6.34. The van der Waals surface area contributed by atoms with E-state index < -0.39 is 0 Å². The molecule has 1 rings (SSSR count). The summed E-state index contributed by atoms with van der Waals surface area (Å²) in [6.45, 7) is 14.9. The predicted octanol–water partition coefficient (Wildman–Crippen LogP) is 2.02. The standard InChI is InChI=1S/C15H33N3/c1-6-14-12-18(8-7-17(14)5)11-13(10-16)9-15(2,3)4/h13-14H,6-12,16H2,1-5H3. The van der Waals surface area contributed by atoms with Gasteiger partial charge in [-0.25, -0.2) is 0 Å². The number of nitrogens with two attached hydrogens (primary N) is 1. The summed E-state index contributed by atoms with van der Waals surface area (Å²) in [4.78, 5) is 5.12. The highest BCUT2D eigenvalue weighted by molar-refractivity contribution is 4.81. The Morgan fingerprint density at radius 1 is 1.28 bits per heavy atom. The largest absolute Gasteiger partial charge is 0.330 e. The second-order valence-electron chi connectivity index (χ2n) is 7.17. The lowest BCUT2D eigenvalue weighted by molar-refractivity contribution is 0.0764. The Morgan fingerprint density at radius 2 is 1.94 bits per heavy atom. The maximum absolute atomic E-state index is 5.95. The van der Waals surface area contributed by atoms with E-state index in [1.807, 2.05) is 0 Å². The highest BCUT2D eigenvalue weighted by Crippen LogP contribution is 2.25. The first-order valence-corrected chi connectivity index (χ1v) is 7.48. The average molecular weight is 255 g/mol. The van der Waals surface area contributed by atoms with Gasteiger partial charge in [-0.2, -0.15) is 0 Å². The molecule has 2 atom stereocenters. The second-order valence-corrected chi connectivity index (χ2v) is 7.17. The SMILES string of the molecule is CCC1CN(CC(CN)CC(C)(C)C)CCN1C. The molecule has 1 saturated heterocycles. The van der Waals surface area contributed by atoms with Gasteiger partial charge in [0.05, 0.1) is 0 Å². The maximum Gasteiger partial charge on any atom is 0.0218 e. The van der Waals surface area contributed by atoms with E-state index in [1.54, 1.807) is 0 Å². The molecule has 18 heavy (non-hydrogen) atoms. The van der Waals surface area contributed by atoms with Gasteiger partial charge >= 0.3 is 0 Å². The van der Waals surface area contributed by atoms with Crippen molar-refractivity contribution in [2.45, 2.75) is 46.6 Å². The third kappa shape index (κ3) is 5.25. The maximum atomic E-state index is 5.95. The minimum Gasteiger partial charge on any atom is -0.330 e. The van der Waals surface area contributed by atoms with E-state index in [-0.39, 0.29) is 0 Å². The minimum atomic E-state index is 0.390. The Bertz CT molecular complexity index is 234. The molecule has 0 aromatic heterocycles. The molecule has 0 spiro atoms. The zero-order valence-corrected chi connectivity index (χ0v) is 13.1. The molecule has 1 aliphatic rings. The van der Waals surface area contributed by atoms with E-state index in [0.29, 0.717) is 11.3 Å². The first kappa shape index (κ1) is 15.9. The molecular formula is C15H33N3. The first-order valence-electron chi connectivity index (χ1n) is 7.48. The zero-order valence-electron chi connectivity index (χ0n) is 13.1. The van der Waals surface area contributed by atoms with Crippen molar-refractivity contribution >= 4 is 0 Å². The van der Waals surface area contributed by atoms with Crippen LogP contribution < -0.4 is 5.73 Å². The van der Waals surface area contributed by atoms with Crippen LogP contribution in [-0.4, -0.2) is 55.6 Å². The highest BCUT2D eigenvalue weighted by atomic mass is 15.3. The summed E-state index contributed by atoms with van der Waals surface area (Å²) in [7, 11) is 2.25. The monoisotopic (exact) mass is 255 g/mol. The number of nitrogens with zero attached hydrogens (tertiary/aromatic N) is 2. The van der Waals surface area contributed by atoms with Gasteiger partial charge in [-0.05, 0) is 37.8 Å². The number of hydrogen-bond donors (Lipinski definition) is 1. The van der Waals surface area contributed by atoms with Gasteiger partial charge < -0.3 is 15.5 Å². The molecule has 1 aliphatic heterocycles. The van der Waals surface area contributed by atoms with E-state index in [2.05, 4.69) is 44.5 Å². The molecule has 0 aromatic rings. The summed E-state index contributed by atoms with van der Waals surface area (Å²) in [6.07, 6.45) is 2.48. The molecule has 2 unspecified atom stereocenters. The molecule has 0 saturated carbocycles. The Kier molecular flexibility index (Phi) is 6.09. The van der Waals surface area contributed by atoms with Gasteiger partial charge in [0.1, 0.15) is 0 Å². The van der Waals surface area contributed by atoms with Crippen LogP contribution in [0.5, 0.6) is 0 Å². The van der Waals surface area contributed by atoms with E-state index in [0.717, 1.165) is 12.6 Å². The van der Waals surface area contributed by atoms with Crippen LogP contribution in [0.25, 0.3) is 0 Å². The summed E-state index contributed by atoms with van der Waals surface area (Å²) >= 11 is 0. The molecule has 1 heterocycles. The van der Waals surface area contributed by atoms with Gasteiger partial charge in [-0.15, -0.1) is 0 Å². The van der Waals surface area contributed by atoms with Crippen molar-refractivity contribution in [2.75, 3.05) is 39.8 Å². The van der Waals surface area contributed by atoms with Gasteiger partial charge in [0.25, 0.3) is 0 Å². The molecule has 108 valence electrons. The van der Waals surface area contributed by atoms with Gasteiger partial charge in [0.2, 0.25) is 0 Å². The molecule has 0 aromatic carbocycles. The van der Waals surface area contributed by atoms with E-state index in [4.69, 9.17) is 5.73 Å². The quantitative estimate of drug-likeness (QED) is 0.816. The Balaban J connectivity index is 2.45. The molecule has 0 aliphatic carbocycles. The second kappa shape index (κ2) is 6.88. The Morgan fingerprint density at radius 3 is 2.44 bits per heavy atom. The average Bonchev–Trinajstić information content (AvgIpc) is 2.29. The van der Waals surface area contributed by atoms with Crippen LogP contribution in [0.15, 0.2) is 0 Å². The van der Waals surface area contributed by atoms with E-state index >= 15 is 0 Å². The summed E-state index contributed by atoms with van der Waals surface area (Å²) < 4.78 is 0. The van der Waals surface area contributed by atoms with E-state index in [9.17, 15) is 0 Å². The van der Waals surface area contributed by atoms with Gasteiger partial charge in [0.15, 0.2) is 0 Å². The van der Waals surface area contributed by atoms with Crippen LogP contribution in [-0.2, 0) is 0 Å². The van der Waals surface area contributed by atoms with Crippen molar-refractivity contribution in [3.8, 4) is 0 Å². The normalized spacial score (nSPS) is 25.3. The number of piperazine rings is 1. The summed E-state index contributed by atoms with van der Waals surface area (Å²) in [5, 5.41) is 0. The fourth-order valence-corrected chi connectivity index (χ4v) is 3.07. The van der Waals surface area contributed by atoms with Crippen molar-refractivity contribution in [1.29, 1.82) is 0 Å². The molecule has 0 amide bonds. The number of rotatable bonds is 5. The zero-order chi connectivity index (χ0) is 13.8. The minimum absolute atomic E-state index is 0.390. The Hall–Kier alpha value is -0.120. The molecule has 1 fully saturated rings. The molecule has 3 nitrogen and oxygen atoms in total. The third-order valence-electron chi connectivity index (χ3n) is 4.08. The van der Waals surface area contributed by atoms with Gasteiger partial charge in [0, 0.05) is 32.2 Å². The predicted molar refractivity (Wildman–Crippen MR) is 79.8 cm³/mol. The lowest BCUT2D eigenvalue weighted by Crippen LogP contribution is -2.52. The van der Waals surface area contributed by atoms with Crippen LogP contribution in [0, 0.1) is 11.3 Å². The lowest BCUT2D eigenvalue weighted by Gasteiger charge is -2.41. The molecule has 0 radical (unpaired) electrons. The topological polar surface area (TPSA) is 32.5 Å². The van der Waals surface area contributed by atoms with Gasteiger partial charge in [-0.1, -0.05) is 27.7 Å². The highest BCUT2D eigenvalue weighted by Gasteiger charge is 2.26. The van der Waals surface area contributed by atoms with Crippen LogP contribution in [0.2, 0.25) is 0 Å². The summed E-state index contributed by atoms with van der Waals surface area (Å²) in [6, 6.07) is 0.729. The molecule has 0 bridgehead atoms. The van der Waals surface area contributed by atoms with Crippen molar-refractivity contribution < 1.29 is 0 Å². The molecule has 2 N–H and O–H groups in total. The van der Waals surface area contributed by atoms with E-state index in [1.165, 1.54) is 39.0 Å². The Labute approximate surface area is 114 Å². The summed E-state index contributed by atoms with van der Waals surface area (Å²) in [5.74, 6) is 0.644. The smallest absolute Gasteiger partial charge is 0.0218 e. The van der Waals surface area contributed by atoms with Crippen LogP contribution in [0.3, 0.4) is 0 Å². The fourth-order valence-electron chi connectivity index (χ4n) is 3.07. The fraction of sp³-hybridized carbons (Fsp3) is 1.00.